The summed E-state index contributed by atoms with van der Waals surface area (Å²) in [7, 11) is 1.83. The molecule has 1 aromatic heterocycles. The third-order valence-electron chi connectivity index (χ3n) is 3.14. The number of carbonyl (C=O) groups is 2. The van der Waals surface area contributed by atoms with Gasteiger partial charge in [0.15, 0.2) is 0 Å². The maximum atomic E-state index is 12.0. The molecule has 20 heavy (non-hydrogen) atoms. The molecule has 0 aliphatic rings. The quantitative estimate of drug-likeness (QED) is 0.776. The maximum Gasteiger partial charge on any atom is 0.323 e. The molecule has 1 atom stereocenters. The lowest BCUT2D eigenvalue weighted by Crippen LogP contribution is -2.47. The fraction of sp³-hybridized carbons (Fsp3) is 0.615. The molecular weight excluding hydrogens is 260 g/mol. The van der Waals surface area contributed by atoms with Crippen LogP contribution in [0.3, 0.4) is 0 Å². The number of aliphatic carboxylic acids is 1. The fourth-order valence-electron chi connectivity index (χ4n) is 1.81. The zero-order valence-corrected chi connectivity index (χ0v) is 12.2. The van der Waals surface area contributed by atoms with Crippen molar-refractivity contribution in [2.45, 2.75) is 32.7 Å². The van der Waals surface area contributed by atoms with Gasteiger partial charge in [-0.15, -0.1) is 0 Å². The van der Waals surface area contributed by atoms with Crippen molar-refractivity contribution >= 4 is 12.0 Å². The van der Waals surface area contributed by atoms with Crippen LogP contribution in [-0.2, 0) is 18.3 Å². The predicted octanol–water partition coefficient (Wildman–Crippen LogP) is 0.857. The average molecular weight is 282 g/mol. The summed E-state index contributed by atoms with van der Waals surface area (Å²) >= 11 is 0. The first-order chi connectivity index (χ1) is 9.43. The summed E-state index contributed by atoms with van der Waals surface area (Å²) in [5.74, 6) is -1.01. The van der Waals surface area contributed by atoms with Gasteiger partial charge in [0, 0.05) is 25.8 Å². The number of amides is 2. The number of nitrogens with one attached hydrogen (secondary N) is 1. The molecule has 7 heteroatoms. The van der Waals surface area contributed by atoms with E-state index in [1.807, 2.05) is 27.1 Å². The highest BCUT2D eigenvalue weighted by molar-refractivity contribution is 5.80. The number of hydrogen-bond acceptors (Lipinski definition) is 3. The van der Waals surface area contributed by atoms with Gasteiger partial charge in [-0.05, 0) is 25.3 Å². The predicted molar refractivity (Wildman–Crippen MR) is 74.4 cm³/mol. The average Bonchev–Trinajstić information content (AvgIpc) is 2.80. The molecule has 1 heterocycles. The minimum absolute atomic E-state index is 0.107. The van der Waals surface area contributed by atoms with E-state index in [2.05, 4.69) is 10.4 Å². The molecule has 2 amide bonds. The third kappa shape index (κ3) is 4.91. The van der Waals surface area contributed by atoms with Gasteiger partial charge >= 0.3 is 12.0 Å². The first-order valence-corrected chi connectivity index (χ1v) is 6.67. The summed E-state index contributed by atoms with van der Waals surface area (Å²) in [5, 5.41) is 15.6. The van der Waals surface area contributed by atoms with E-state index < -0.39 is 5.97 Å². The number of carboxylic acids is 1. The smallest absolute Gasteiger partial charge is 0.323 e. The van der Waals surface area contributed by atoms with E-state index in [9.17, 15) is 9.59 Å². The van der Waals surface area contributed by atoms with Crippen molar-refractivity contribution in [2.75, 3.05) is 13.1 Å². The number of carboxylic acid groups (broad SMARTS) is 1. The zero-order chi connectivity index (χ0) is 15.1. The largest absolute Gasteiger partial charge is 0.480 e. The Morgan fingerprint density at radius 2 is 2.25 bits per heavy atom. The number of rotatable bonds is 7. The van der Waals surface area contributed by atoms with Crippen LogP contribution in [0.2, 0.25) is 0 Å². The van der Waals surface area contributed by atoms with Crippen LogP contribution in [0.15, 0.2) is 12.4 Å². The highest BCUT2D eigenvalue weighted by Gasteiger charge is 2.20. The number of nitrogens with zero attached hydrogens (tertiary/aromatic N) is 3. The molecule has 2 N–H and O–H groups in total. The first kappa shape index (κ1) is 16.0. The molecular formula is C13H22N4O3. The minimum Gasteiger partial charge on any atom is -0.480 e. The van der Waals surface area contributed by atoms with Crippen LogP contribution in [-0.4, -0.2) is 50.9 Å². The van der Waals surface area contributed by atoms with Crippen LogP contribution in [0, 0.1) is 0 Å². The van der Waals surface area contributed by atoms with Crippen molar-refractivity contribution in [1.82, 2.24) is 20.0 Å². The van der Waals surface area contributed by atoms with E-state index in [-0.39, 0.29) is 18.6 Å². The van der Waals surface area contributed by atoms with Crippen molar-refractivity contribution in [3.8, 4) is 0 Å². The second kappa shape index (κ2) is 7.52. The Hall–Kier alpha value is -2.05. The Kier molecular flexibility index (Phi) is 6.02. The van der Waals surface area contributed by atoms with Crippen LogP contribution in [0.1, 0.15) is 25.8 Å². The number of carbonyl (C=O) groups excluding carboxylic acids is 1. The first-order valence-electron chi connectivity index (χ1n) is 6.67. The molecule has 0 saturated heterocycles. The highest BCUT2D eigenvalue weighted by Crippen LogP contribution is 2.04. The number of hydrogen-bond donors (Lipinski definition) is 2. The molecule has 7 nitrogen and oxygen atoms in total. The van der Waals surface area contributed by atoms with Gasteiger partial charge in [0.2, 0.25) is 0 Å². The van der Waals surface area contributed by atoms with Gasteiger partial charge in [-0.25, -0.2) is 4.79 Å². The van der Waals surface area contributed by atoms with Crippen LogP contribution in [0.5, 0.6) is 0 Å². The molecule has 0 radical (unpaired) electrons. The Balaban J connectivity index is 2.47. The number of aromatic nitrogens is 2. The van der Waals surface area contributed by atoms with E-state index in [4.69, 9.17) is 5.11 Å². The van der Waals surface area contributed by atoms with Crippen molar-refractivity contribution in [2.24, 2.45) is 7.05 Å². The summed E-state index contributed by atoms with van der Waals surface area (Å²) in [4.78, 5) is 24.1. The molecule has 0 fully saturated rings. The van der Waals surface area contributed by atoms with E-state index >= 15 is 0 Å². The molecule has 0 aromatic carbocycles. The molecule has 1 unspecified atom stereocenters. The SMILES string of the molecule is CCC(C)N(CC(=O)O)C(=O)NCCc1cnn(C)c1. The van der Waals surface area contributed by atoms with E-state index in [1.54, 1.807) is 10.9 Å². The van der Waals surface area contributed by atoms with Gasteiger partial charge in [0.1, 0.15) is 6.54 Å². The van der Waals surface area contributed by atoms with E-state index in [0.29, 0.717) is 19.4 Å². The van der Waals surface area contributed by atoms with Crippen LogP contribution < -0.4 is 5.32 Å². The van der Waals surface area contributed by atoms with Gasteiger partial charge < -0.3 is 15.3 Å². The normalized spacial score (nSPS) is 11.9. The Morgan fingerprint density at radius 1 is 1.55 bits per heavy atom. The molecule has 0 spiro atoms. The molecule has 0 aliphatic heterocycles. The Labute approximate surface area is 118 Å². The third-order valence-corrected chi connectivity index (χ3v) is 3.14. The van der Waals surface area contributed by atoms with Crippen molar-refractivity contribution in [3.05, 3.63) is 18.0 Å². The zero-order valence-electron chi connectivity index (χ0n) is 12.2. The van der Waals surface area contributed by atoms with E-state index in [0.717, 1.165) is 5.56 Å². The number of aryl methyl sites for hydroxylation is 1. The molecule has 0 bridgehead atoms. The van der Waals surface area contributed by atoms with Crippen LogP contribution >= 0.6 is 0 Å². The second-order valence-electron chi connectivity index (χ2n) is 4.78. The topological polar surface area (TPSA) is 87.5 Å². The monoisotopic (exact) mass is 282 g/mol. The van der Waals surface area contributed by atoms with Gasteiger partial charge in [-0.1, -0.05) is 6.92 Å². The second-order valence-corrected chi connectivity index (χ2v) is 4.78. The van der Waals surface area contributed by atoms with Gasteiger partial charge in [-0.3, -0.25) is 9.48 Å². The maximum absolute atomic E-state index is 12.0. The summed E-state index contributed by atoms with van der Waals surface area (Å²) in [6, 6.07) is -0.449. The van der Waals surface area contributed by atoms with Gasteiger partial charge in [0.25, 0.3) is 0 Å². The fourth-order valence-corrected chi connectivity index (χ4v) is 1.81. The summed E-state index contributed by atoms with van der Waals surface area (Å²) in [6.45, 7) is 3.93. The van der Waals surface area contributed by atoms with Crippen LogP contribution in [0.25, 0.3) is 0 Å². The van der Waals surface area contributed by atoms with Crippen LogP contribution in [0.4, 0.5) is 4.79 Å². The van der Waals surface area contributed by atoms with Crippen molar-refractivity contribution in [1.29, 1.82) is 0 Å². The van der Waals surface area contributed by atoms with Gasteiger partial charge in [-0.2, -0.15) is 5.10 Å². The molecule has 1 aromatic rings. The molecule has 0 aliphatic carbocycles. The summed E-state index contributed by atoms with van der Waals surface area (Å²) < 4.78 is 1.70. The highest BCUT2D eigenvalue weighted by atomic mass is 16.4. The van der Waals surface area contributed by atoms with Crippen molar-refractivity contribution in [3.63, 3.8) is 0 Å². The number of urea groups is 1. The minimum atomic E-state index is -1.01. The standard InChI is InChI=1S/C13H22N4O3/c1-4-10(2)17(9-12(18)19)13(20)14-6-5-11-7-15-16(3)8-11/h7-8,10H,4-6,9H2,1-3H3,(H,14,20)(H,18,19). The lowest BCUT2D eigenvalue weighted by atomic mass is 10.2. The van der Waals surface area contributed by atoms with Crippen molar-refractivity contribution < 1.29 is 14.7 Å². The van der Waals surface area contributed by atoms with E-state index in [1.165, 1.54) is 4.90 Å². The summed E-state index contributed by atoms with van der Waals surface area (Å²) in [6.07, 6.45) is 5.01. The molecule has 112 valence electrons. The Morgan fingerprint density at radius 3 is 2.75 bits per heavy atom. The Bertz CT molecular complexity index is 458. The molecule has 0 saturated carbocycles. The molecule has 1 rings (SSSR count). The lowest BCUT2D eigenvalue weighted by Gasteiger charge is -2.27. The van der Waals surface area contributed by atoms with Gasteiger partial charge in [0.05, 0.1) is 6.20 Å². The summed E-state index contributed by atoms with van der Waals surface area (Å²) in [5.41, 5.74) is 1.03. The lowest BCUT2D eigenvalue weighted by molar-refractivity contribution is -0.138.